The Morgan fingerprint density at radius 3 is 2.62 bits per heavy atom. The number of likely N-dealkylation sites (tertiary alicyclic amines) is 1. The highest BCUT2D eigenvalue weighted by atomic mass is 32.2. The number of likely N-dealkylation sites (N-methyl/N-ethyl adjacent to an activating group) is 1. The lowest BCUT2D eigenvalue weighted by atomic mass is 9.88. The van der Waals surface area contributed by atoms with Gasteiger partial charge in [-0.1, -0.05) is 19.3 Å². The second-order valence-electron chi connectivity index (χ2n) is 5.58. The molecule has 2 fully saturated rings. The third-order valence-electron chi connectivity index (χ3n) is 4.30. The van der Waals surface area contributed by atoms with Crippen molar-refractivity contribution in [2.24, 2.45) is 0 Å². The minimum absolute atomic E-state index is 0.555. The molecule has 1 atom stereocenters. The summed E-state index contributed by atoms with van der Waals surface area (Å²) in [5.74, 6) is 0. The standard InChI is InChI=1S/C13H26N2S/c1-15-9-6-12(10-15)14-11-13(16-2)7-4-3-5-8-13/h12,14H,3-11H2,1-2H3. The van der Waals surface area contributed by atoms with Crippen LogP contribution in [-0.4, -0.2) is 48.6 Å². The molecule has 0 aromatic heterocycles. The van der Waals surface area contributed by atoms with Gasteiger partial charge in [0.1, 0.15) is 0 Å². The maximum Gasteiger partial charge on any atom is 0.0281 e. The van der Waals surface area contributed by atoms with E-state index in [1.807, 2.05) is 0 Å². The van der Waals surface area contributed by atoms with E-state index in [9.17, 15) is 0 Å². The Balaban J connectivity index is 1.78. The van der Waals surface area contributed by atoms with Crippen molar-refractivity contribution < 1.29 is 0 Å². The van der Waals surface area contributed by atoms with Gasteiger partial charge in [0.25, 0.3) is 0 Å². The van der Waals surface area contributed by atoms with Crippen LogP contribution in [-0.2, 0) is 0 Å². The molecule has 1 aliphatic heterocycles. The second-order valence-corrected chi connectivity index (χ2v) is 6.85. The molecule has 0 amide bonds. The molecule has 1 saturated carbocycles. The Morgan fingerprint density at radius 2 is 2.06 bits per heavy atom. The zero-order valence-corrected chi connectivity index (χ0v) is 11.6. The third-order valence-corrected chi connectivity index (χ3v) is 5.72. The van der Waals surface area contributed by atoms with Crippen molar-refractivity contribution in [3.63, 3.8) is 0 Å². The Hall–Kier alpha value is 0.270. The van der Waals surface area contributed by atoms with Crippen LogP contribution in [0.15, 0.2) is 0 Å². The normalized spacial score (nSPS) is 30.8. The Kier molecular flexibility index (Phi) is 4.57. The van der Waals surface area contributed by atoms with Crippen LogP contribution in [0.1, 0.15) is 38.5 Å². The predicted molar refractivity (Wildman–Crippen MR) is 73.2 cm³/mol. The molecule has 16 heavy (non-hydrogen) atoms. The van der Waals surface area contributed by atoms with Gasteiger partial charge in [-0.25, -0.2) is 0 Å². The molecule has 0 aromatic carbocycles. The maximum atomic E-state index is 3.81. The van der Waals surface area contributed by atoms with Gasteiger partial charge in [-0.05, 0) is 39.1 Å². The van der Waals surface area contributed by atoms with E-state index in [0.29, 0.717) is 4.75 Å². The maximum absolute atomic E-state index is 3.81. The average Bonchev–Trinajstić information content (AvgIpc) is 2.74. The SMILES string of the molecule is CSC1(CNC2CCN(C)C2)CCCCC1. The lowest BCUT2D eigenvalue weighted by Crippen LogP contribution is -2.44. The zero-order chi connectivity index (χ0) is 11.4. The summed E-state index contributed by atoms with van der Waals surface area (Å²) in [6, 6.07) is 0.746. The fourth-order valence-corrected chi connectivity index (χ4v) is 4.01. The number of thioether (sulfide) groups is 1. The summed E-state index contributed by atoms with van der Waals surface area (Å²) >= 11 is 2.10. The first-order valence-corrected chi connectivity index (χ1v) is 7.94. The molecule has 1 aliphatic carbocycles. The van der Waals surface area contributed by atoms with Crippen LogP contribution in [0.3, 0.4) is 0 Å². The second kappa shape index (κ2) is 5.74. The molecule has 1 heterocycles. The van der Waals surface area contributed by atoms with Crippen molar-refractivity contribution in [3.8, 4) is 0 Å². The summed E-state index contributed by atoms with van der Waals surface area (Å²) in [6.45, 7) is 3.74. The van der Waals surface area contributed by atoms with E-state index in [0.717, 1.165) is 6.04 Å². The van der Waals surface area contributed by atoms with Gasteiger partial charge >= 0.3 is 0 Å². The van der Waals surface area contributed by atoms with E-state index >= 15 is 0 Å². The van der Waals surface area contributed by atoms with E-state index in [1.165, 1.54) is 58.2 Å². The molecule has 94 valence electrons. The molecule has 0 aromatic rings. The lowest BCUT2D eigenvalue weighted by molar-refractivity contribution is 0.352. The summed E-state index contributed by atoms with van der Waals surface area (Å²) in [4.78, 5) is 2.43. The van der Waals surface area contributed by atoms with Crippen LogP contribution in [0.2, 0.25) is 0 Å². The van der Waals surface area contributed by atoms with Gasteiger partial charge in [-0.15, -0.1) is 0 Å². The number of nitrogens with zero attached hydrogens (tertiary/aromatic N) is 1. The van der Waals surface area contributed by atoms with Crippen LogP contribution in [0.4, 0.5) is 0 Å². The highest BCUT2D eigenvalue weighted by molar-refractivity contribution is 8.00. The molecule has 0 spiro atoms. The first kappa shape index (κ1) is 12.7. The van der Waals surface area contributed by atoms with Crippen molar-refractivity contribution in [1.29, 1.82) is 0 Å². The summed E-state index contributed by atoms with van der Waals surface area (Å²) in [7, 11) is 2.23. The predicted octanol–water partition coefficient (Wildman–Crippen LogP) is 2.35. The fourth-order valence-electron chi connectivity index (χ4n) is 3.08. The molecule has 2 rings (SSSR count). The van der Waals surface area contributed by atoms with Crippen molar-refractivity contribution in [2.45, 2.75) is 49.3 Å². The van der Waals surface area contributed by atoms with Gasteiger partial charge in [0.15, 0.2) is 0 Å². The molecule has 1 unspecified atom stereocenters. The average molecular weight is 242 g/mol. The molecule has 1 saturated heterocycles. The first-order valence-electron chi connectivity index (χ1n) is 6.71. The number of rotatable bonds is 4. The van der Waals surface area contributed by atoms with Crippen molar-refractivity contribution in [3.05, 3.63) is 0 Å². The van der Waals surface area contributed by atoms with Gasteiger partial charge in [-0.3, -0.25) is 0 Å². The third kappa shape index (κ3) is 3.14. The van der Waals surface area contributed by atoms with Crippen LogP contribution in [0.5, 0.6) is 0 Å². The highest BCUT2D eigenvalue weighted by Gasteiger charge is 2.32. The number of nitrogens with one attached hydrogen (secondary N) is 1. The van der Waals surface area contributed by atoms with Crippen LogP contribution in [0, 0.1) is 0 Å². The Morgan fingerprint density at radius 1 is 1.31 bits per heavy atom. The molecule has 0 bridgehead atoms. The molecule has 2 nitrogen and oxygen atoms in total. The van der Waals surface area contributed by atoms with Gasteiger partial charge in [0.05, 0.1) is 0 Å². The fraction of sp³-hybridized carbons (Fsp3) is 1.00. The van der Waals surface area contributed by atoms with Crippen LogP contribution >= 0.6 is 11.8 Å². The highest BCUT2D eigenvalue weighted by Crippen LogP contribution is 2.38. The molecule has 1 N–H and O–H groups in total. The van der Waals surface area contributed by atoms with E-state index in [2.05, 4.69) is 35.3 Å². The van der Waals surface area contributed by atoms with Gasteiger partial charge in [0.2, 0.25) is 0 Å². The van der Waals surface area contributed by atoms with E-state index in [1.54, 1.807) is 0 Å². The number of hydrogen-bond donors (Lipinski definition) is 1. The summed E-state index contributed by atoms with van der Waals surface area (Å²) in [5.41, 5.74) is 0. The Labute approximate surface area is 105 Å². The minimum Gasteiger partial charge on any atom is -0.311 e. The van der Waals surface area contributed by atoms with Gasteiger partial charge < -0.3 is 10.2 Å². The topological polar surface area (TPSA) is 15.3 Å². The molecule has 2 aliphatic rings. The quantitative estimate of drug-likeness (QED) is 0.815. The zero-order valence-electron chi connectivity index (χ0n) is 10.8. The molecule has 0 radical (unpaired) electrons. The summed E-state index contributed by atoms with van der Waals surface area (Å²) in [6.07, 6.45) is 10.8. The monoisotopic (exact) mass is 242 g/mol. The largest absolute Gasteiger partial charge is 0.311 e. The lowest BCUT2D eigenvalue weighted by Gasteiger charge is -2.37. The van der Waals surface area contributed by atoms with Gasteiger partial charge in [0, 0.05) is 23.9 Å². The van der Waals surface area contributed by atoms with E-state index in [4.69, 9.17) is 0 Å². The summed E-state index contributed by atoms with van der Waals surface area (Å²) in [5, 5.41) is 3.81. The van der Waals surface area contributed by atoms with Crippen LogP contribution in [0.25, 0.3) is 0 Å². The molecular formula is C13H26N2S. The molecule has 3 heteroatoms. The summed E-state index contributed by atoms with van der Waals surface area (Å²) < 4.78 is 0.555. The van der Waals surface area contributed by atoms with E-state index < -0.39 is 0 Å². The smallest absolute Gasteiger partial charge is 0.0281 e. The number of hydrogen-bond acceptors (Lipinski definition) is 3. The van der Waals surface area contributed by atoms with E-state index in [-0.39, 0.29) is 0 Å². The first-order chi connectivity index (χ1) is 7.74. The van der Waals surface area contributed by atoms with Crippen molar-refractivity contribution >= 4 is 11.8 Å². The molecular weight excluding hydrogens is 216 g/mol. The van der Waals surface area contributed by atoms with Gasteiger partial charge in [-0.2, -0.15) is 11.8 Å². The van der Waals surface area contributed by atoms with Crippen LogP contribution < -0.4 is 5.32 Å². The van der Waals surface area contributed by atoms with Crippen molar-refractivity contribution in [1.82, 2.24) is 10.2 Å². The van der Waals surface area contributed by atoms with Crippen molar-refractivity contribution in [2.75, 3.05) is 32.9 Å². The Bertz CT molecular complexity index is 214. The minimum atomic E-state index is 0.555.